The molecule has 0 bridgehead atoms. The maximum Gasteiger partial charge on any atom is 0.185 e. The Morgan fingerprint density at radius 3 is 2.12 bits per heavy atom. The van der Waals surface area contributed by atoms with Gasteiger partial charge in [0.15, 0.2) is 6.29 Å². The Bertz CT molecular complexity index is 312. The summed E-state index contributed by atoms with van der Waals surface area (Å²) in [7, 11) is 3.05. The fourth-order valence-electron chi connectivity index (χ4n) is 1.81. The molecule has 0 spiro atoms. The van der Waals surface area contributed by atoms with E-state index in [2.05, 4.69) is 0 Å². The molecule has 0 heterocycles. The van der Waals surface area contributed by atoms with Crippen LogP contribution in [0.4, 0.5) is 0 Å². The van der Waals surface area contributed by atoms with Gasteiger partial charge in [-0.05, 0) is 19.4 Å². The molecule has 1 aromatic rings. The van der Waals surface area contributed by atoms with E-state index in [-0.39, 0.29) is 0 Å². The summed E-state index contributed by atoms with van der Waals surface area (Å²) in [6, 6.07) is 8.07. The van der Waals surface area contributed by atoms with Gasteiger partial charge in [-0.2, -0.15) is 0 Å². The second kappa shape index (κ2) is 5.43. The molecule has 0 aliphatic rings. The molecule has 1 N–H and O–H groups in total. The summed E-state index contributed by atoms with van der Waals surface area (Å²) in [6.07, 6.45) is -0.117. The molecule has 0 saturated heterocycles. The summed E-state index contributed by atoms with van der Waals surface area (Å²) in [6.45, 7) is 3.75. The van der Waals surface area contributed by atoms with Crippen molar-refractivity contribution in [2.75, 3.05) is 14.2 Å². The Hall–Kier alpha value is -0.900. The van der Waals surface area contributed by atoms with Crippen molar-refractivity contribution in [2.24, 2.45) is 0 Å². The standard InChI is InChI=1S/C13H20O3/c1-10-5-7-11(8-6-10)9-13(2,14)12(15-3)16-4/h5-8,12,14H,9H2,1-4H3. The lowest BCUT2D eigenvalue weighted by molar-refractivity contribution is -0.207. The van der Waals surface area contributed by atoms with E-state index in [9.17, 15) is 5.11 Å². The highest BCUT2D eigenvalue weighted by Gasteiger charge is 2.32. The maximum atomic E-state index is 10.2. The molecule has 1 atom stereocenters. The first-order valence-electron chi connectivity index (χ1n) is 5.33. The van der Waals surface area contributed by atoms with Gasteiger partial charge in [0.1, 0.15) is 5.60 Å². The van der Waals surface area contributed by atoms with Crippen LogP contribution in [0.25, 0.3) is 0 Å². The average molecular weight is 224 g/mol. The molecule has 3 nitrogen and oxygen atoms in total. The smallest absolute Gasteiger partial charge is 0.185 e. The molecule has 1 unspecified atom stereocenters. The minimum Gasteiger partial charge on any atom is -0.385 e. The Morgan fingerprint density at radius 1 is 1.19 bits per heavy atom. The molecule has 0 radical (unpaired) electrons. The second-order valence-corrected chi connectivity index (χ2v) is 4.32. The molecule has 1 aromatic carbocycles. The van der Waals surface area contributed by atoms with Crippen LogP contribution < -0.4 is 0 Å². The zero-order valence-electron chi connectivity index (χ0n) is 10.4. The number of rotatable bonds is 5. The van der Waals surface area contributed by atoms with Crippen molar-refractivity contribution in [3.05, 3.63) is 35.4 Å². The summed E-state index contributed by atoms with van der Waals surface area (Å²) in [5, 5.41) is 10.2. The van der Waals surface area contributed by atoms with Crippen LogP contribution in [0.15, 0.2) is 24.3 Å². The van der Waals surface area contributed by atoms with Gasteiger partial charge in [-0.25, -0.2) is 0 Å². The minimum atomic E-state index is -1.03. The van der Waals surface area contributed by atoms with Crippen LogP contribution in [0.3, 0.4) is 0 Å². The molecule has 0 aromatic heterocycles. The summed E-state index contributed by atoms with van der Waals surface area (Å²) in [5.74, 6) is 0. The summed E-state index contributed by atoms with van der Waals surface area (Å²) in [4.78, 5) is 0. The number of benzene rings is 1. The van der Waals surface area contributed by atoms with Crippen LogP contribution in [-0.2, 0) is 15.9 Å². The fourth-order valence-corrected chi connectivity index (χ4v) is 1.81. The average Bonchev–Trinajstić information content (AvgIpc) is 2.22. The Kier molecular flexibility index (Phi) is 4.47. The van der Waals surface area contributed by atoms with E-state index >= 15 is 0 Å². The first-order chi connectivity index (χ1) is 7.49. The van der Waals surface area contributed by atoms with Crippen molar-refractivity contribution in [3.8, 4) is 0 Å². The van der Waals surface area contributed by atoms with E-state index in [1.807, 2.05) is 31.2 Å². The quantitative estimate of drug-likeness (QED) is 0.776. The van der Waals surface area contributed by atoms with Gasteiger partial charge < -0.3 is 14.6 Å². The van der Waals surface area contributed by atoms with Crippen molar-refractivity contribution in [2.45, 2.75) is 32.2 Å². The van der Waals surface area contributed by atoms with Crippen LogP contribution in [0.5, 0.6) is 0 Å². The molecular formula is C13H20O3. The van der Waals surface area contributed by atoms with Gasteiger partial charge in [0, 0.05) is 20.6 Å². The van der Waals surface area contributed by atoms with E-state index in [1.54, 1.807) is 6.92 Å². The third-order valence-electron chi connectivity index (χ3n) is 2.62. The maximum absolute atomic E-state index is 10.2. The van der Waals surface area contributed by atoms with E-state index in [4.69, 9.17) is 9.47 Å². The lowest BCUT2D eigenvalue weighted by Crippen LogP contribution is -2.43. The van der Waals surface area contributed by atoms with E-state index in [0.29, 0.717) is 6.42 Å². The van der Waals surface area contributed by atoms with Crippen molar-refractivity contribution in [1.29, 1.82) is 0 Å². The molecule has 0 fully saturated rings. The predicted octanol–water partition coefficient (Wildman–Crippen LogP) is 1.91. The van der Waals surface area contributed by atoms with Crippen LogP contribution in [-0.4, -0.2) is 31.2 Å². The van der Waals surface area contributed by atoms with Crippen molar-refractivity contribution < 1.29 is 14.6 Å². The van der Waals surface area contributed by atoms with E-state index in [0.717, 1.165) is 5.56 Å². The molecule has 0 aliphatic carbocycles. The molecular weight excluding hydrogens is 204 g/mol. The predicted molar refractivity (Wildman–Crippen MR) is 63.3 cm³/mol. The number of methoxy groups -OCH3 is 2. The van der Waals surface area contributed by atoms with Gasteiger partial charge in [0.05, 0.1) is 0 Å². The van der Waals surface area contributed by atoms with Crippen molar-refractivity contribution >= 4 is 0 Å². The first-order valence-corrected chi connectivity index (χ1v) is 5.33. The molecule has 90 valence electrons. The van der Waals surface area contributed by atoms with Gasteiger partial charge in [0.2, 0.25) is 0 Å². The lowest BCUT2D eigenvalue weighted by atomic mass is 9.95. The number of ether oxygens (including phenoxy) is 2. The van der Waals surface area contributed by atoms with E-state index in [1.165, 1.54) is 19.8 Å². The van der Waals surface area contributed by atoms with Gasteiger partial charge in [-0.3, -0.25) is 0 Å². The Balaban J connectivity index is 2.75. The van der Waals surface area contributed by atoms with Crippen LogP contribution >= 0.6 is 0 Å². The minimum absolute atomic E-state index is 0.500. The zero-order valence-corrected chi connectivity index (χ0v) is 10.4. The SMILES string of the molecule is COC(OC)C(C)(O)Cc1ccc(C)cc1. The highest BCUT2D eigenvalue weighted by atomic mass is 16.7. The normalized spacial score (nSPS) is 15.1. The Labute approximate surface area is 97.0 Å². The summed E-state index contributed by atoms with van der Waals surface area (Å²) >= 11 is 0. The topological polar surface area (TPSA) is 38.7 Å². The highest BCUT2D eigenvalue weighted by Crippen LogP contribution is 2.20. The Morgan fingerprint density at radius 2 is 1.69 bits per heavy atom. The number of hydrogen-bond donors (Lipinski definition) is 1. The second-order valence-electron chi connectivity index (χ2n) is 4.32. The van der Waals surface area contributed by atoms with Gasteiger partial charge in [-0.15, -0.1) is 0 Å². The van der Waals surface area contributed by atoms with Gasteiger partial charge in [-0.1, -0.05) is 29.8 Å². The first kappa shape index (κ1) is 13.2. The molecule has 0 amide bonds. The largest absolute Gasteiger partial charge is 0.385 e. The third kappa shape index (κ3) is 3.30. The van der Waals surface area contributed by atoms with Crippen LogP contribution in [0.2, 0.25) is 0 Å². The number of aliphatic hydroxyl groups is 1. The van der Waals surface area contributed by atoms with Crippen LogP contribution in [0, 0.1) is 6.92 Å². The number of aryl methyl sites for hydroxylation is 1. The lowest BCUT2D eigenvalue weighted by Gasteiger charge is -2.30. The molecule has 1 rings (SSSR count). The summed E-state index contributed by atoms with van der Waals surface area (Å²) in [5.41, 5.74) is 1.24. The van der Waals surface area contributed by atoms with Gasteiger partial charge in [0.25, 0.3) is 0 Å². The van der Waals surface area contributed by atoms with Crippen LogP contribution in [0.1, 0.15) is 18.1 Å². The molecule has 16 heavy (non-hydrogen) atoms. The van der Waals surface area contributed by atoms with E-state index < -0.39 is 11.9 Å². The van der Waals surface area contributed by atoms with Gasteiger partial charge >= 0.3 is 0 Å². The highest BCUT2D eigenvalue weighted by molar-refractivity contribution is 5.22. The monoisotopic (exact) mass is 224 g/mol. The zero-order chi connectivity index (χ0) is 12.2. The van der Waals surface area contributed by atoms with Crippen molar-refractivity contribution in [1.82, 2.24) is 0 Å². The third-order valence-corrected chi connectivity index (χ3v) is 2.62. The summed E-state index contributed by atoms with van der Waals surface area (Å²) < 4.78 is 10.2. The van der Waals surface area contributed by atoms with Crippen molar-refractivity contribution in [3.63, 3.8) is 0 Å². The fraction of sp³-hybridized carbons (Fsp3) is 0.538. The molecule has 0 saturated carbocycles. The number of hydrogen-bond acceptors (Lipinski definition) is 3. The molecule has 0 aliphatic heterocycles. The molecule has 3 heteroatoms.